The summed E-state index contributed by atoms with van der Waals surface area (Å²) < 4.78 is 0. The van der Waals surface area contributed by atoms with Gasteiger partial charge in [-0.15, -0.1) is 11.3 Å². The largest absolute Gasteiger partial charge is 0.481 e. The number of thiazole rings is 1. The standard InChI is InChI=1S/C16H12N4O3S/c21-13(22)6-12-9-24-16(19-12)20-15(23)11-7-17-14(18-8-11)10-4-2-1-3-5-10/h1-5,7-9H,6H2,(H,21,22)(H,19,20,23). The Morgan fingerprint density at radius 2 is 1.83 bits per heavy atom. The Hall–Kier alpha value is -3.13. The zero-order chi connectivity index (χ0) is 16.9. The van der Waals surface area contributed by atoms with Crippen molar-refractivity contribution in [3.05, 3.63) is 59.4 Å². The number of nitrogens with zero attached hydrogens (tertiary/aromatic N) is 3. The van der Waals surface area contributed by atoms with Crippen LogP contribution in [0.25, 0.3) is 11.4 Å². The molecule has 0 fully saturated rings. The third-order valence-electron chi connectivity index (χ3n) is 3.05. The number of amides is 1. The molecule has 1 amide bonds. The van der Waals surface area contributed by atoms with Crippen LogP contribution in [0.5, 0.6) is 0 Å². The van der Waals surface area contributed by atoms with Gasteiger partial charge in [0.15, 0.2) is 11.0 Å². The molecule has 0 bridgehead atoms. The number of hydrogen-bond acceptors (Lipinski definition) is 6. The molecule has 24 heavy (non-hydrogen) atoms. The molecular formula is C16H12N4O3S. The van der Waals surface area contributed by atoms with Gasteiger partial charge in [0.25, 0.3) is 5.91 Å². The van der Waals surface area contributed by atoms with Crippen LogP contribution < -0.4 is 5.32 Å². The lowest BCUT2D eigenvalue weighted by Gasteiger charge is -2.03. The average Bonchev–Trinajstić information content (AvgIpc) is 3.02. The number of aromatic nitrogens is 3. The van der Waals surface area contributed by atoms with E-state index in [1.54, 1.807) is 5.38 Å². The molecule has 0 saturated heterocycles. The van der Waals surface area contributed by atoms with Crippen LogP contribution in [0.4, 0.5) is 5.13 Å². The van der Waals surface area contributed by atoms with Crippen LogP contribution in [0.1, 0.15) is 16.1 Å². The molecule has 0 aliphatic rings. The van der Waals surface area contributed by atoms with Crippen molar-refractivity contribution in [1.29, 1.82) is 0 Å². The summed E-state index contributed by atoms with van der Waals surface area (Å²) in [5.74, 6) is -0.834. The van der Waals surface area contributed by atoms with Gasteiger partial charge in [0.05, 0.1) is 17.7 Å². The highest BCUT2D eigenvalue weighted by Gasteiger charge is 2.12. The van der Waals surface area contributed by atoms with E-state index in [4.69, 9.17) is 5.11 Å². The minimum absolute atomic E-state index is 0.179. The van der Waals surface area contributed by atoms with Crippen LogP contribution in [-0.2, 0) is 11.2 Å². The highest BCUT2D eigenvalue weighted by molar-refractivity contribution is 7.14. The number of carbonyl (C=O) groups is 2. The van der Waals surface area contributed by atoms with Crippen molar-refractivity contribution in [3.63, 3.8) is 0 Å². The van der Waals surface area contributed by atoms with E-state index in [9.17, 15) is 9.59 Å². The van der Waals surface area contributed by atoms with Crippen molar-refractivity contribution in [2.24, 2.45) is 0 Å². The predicted molar refractivity (Wildman–Crippen MR) is 88.9 cm³/mol. The zero-order valence-electron chi connectivity index (χ0n) is 12.3. The third kappa shape index (κ3) is 3.79. The highest BCUT2D eigenvalue weighted by atomic mass is 32.1. The number of nitrogens with one attached hydrogen (secondary N) is 1. The first-order chi connectivity index (χ1) is 11.6. The number of hydrogen-bond donors (Lipinski definition) is 2. The fourth-order valence-corrected chi connectivity index (χ4v) is 2.66. The van der Waals surface area contributed by atoms with E-state index in [2.05, 4.69) is 20.3 Å². The Morgan fingerprint density at radius 3 is 2.50 bits per heavy atom. The second-order valence-corrected chi connectivity index (χ2v) is 5.69. The number of carbonyl (C=O) groups excluding carboxylic acids is 1. The van der Waals surface area contributed by atoms with Gasteiger partial charge in [-0.25, -0.2) is 15.0 Å². The quantitative estimate of drug-likeness (QED) is 0.739. The SMILES string of the molecule is O=C(O)Cc1csc(NC(=O)c2cnc(-c3ccccc3)nc2)n1. The first-order valence-electron chi connectivity index (χ1n) is 6.97. The maximum absolute atomic E-state index is 12.2. The molecule has 0 unspecified atom stereocenters. The van der Waals surface area contributed by atoms with Gasteiger partial charge in [-0.05, 0) is 0 Å². The van der Waals surface area contributed by atoms with E-state index in [1.165, 1.54) is 23.7 Å². The molecular weight excluding hydrogens is 328 g/mol. The fourth-order valence-electron chi connectivity index (χ4n) is 1.95. The number of benzene rings is 1. The first-order valence-corrected chi connectivity index (χ1v) is 7.85. The van der Waals surface area contributed by atoms with E-state index in [1.807, 2.05) is 30.3 Å². The Kier molecular flexibility index (Phi) is 4.57. The first kappa shape index (κ1) is 15.8. The molecule has 2 heterocycles. The molecule has 0 spiro atoms. The second-order valence-electron chi connectivity index (χ2n) is 4.83. The summed E-state index contributed by atoms with van der Waals surface area (Å²) in [6.07, 6.45) is 2.70. The summed E-state index contributed by atoms with van der Waals surface area (Å²) in [4.78, 5) is 35.2. The maximum atomic E-state index is 12.2. The predicted octanol–water partition coefficient (Wildman–Crippen LogP) is 2.48. The minimum Gasteiger partial charge on any atom is -0.481 e. The Balaban J connectivity index is 1.69. The number of rotatable bonds is 5. The van der Waals surface area contributed by atoms with E-state index >= 15 is 0 Å². The molecule has 7 nitrogen and oxygen atoms in total. The Bertz CT molecular complexity index is 863. The van der Waals surface area contributed by atoms with Crippen LogP contribution in [0, 0.1) is 0 Å². The van der Waals surface area contributed by atoms with E-state index < -0.39 is 11.9 Å². The maximum Gasteiger partial charge on any atom is 0.309 e. The smallest absolute Gasteiger partial charge is 0.309 e. The number of carboxylic acids is 1. The topological polar surface area (TPSA) is 105 Å². The van der Waals surface area contributed by atoms with Gasteiger partial charge in [-0.1, -0.05) is 30.3 Å². The summed E-state index contributed by atoms with van der Waals surface area (Å²) in [6, 6.07) is 9.44. The molecule has 0 aliphatic heterocycles. The van der Waals surface area contributed by atoms with E-state index in [-0.39, 0.29) is 6.42 Å². The molecule has 3 rings (SSSR count). The summed E-state index contributed by atoms with van der Waals surface area (Å²) in [5.41, 5.74) is 1.56. The minimum atomic E-state index is -0.969. The van der Waals surface area contributed by atoms with Crippen LogP contribution in [0.2, 0.25) is 0 Å². The zero-order valence-corrected chi connectivity index (χ0v) is 13.2. The van der Waals surface area contributed by atoms with Crippen molar-refractivity contribution in [2.45, 2.75) is 6.42 Å². The molecule has 0 radical (unpaired) electrons. The second kappa shape index (κ2) is 6.97. The lowest BCUT2D eigenvalue weighted by atomic mass is 10.2. The number of anilines is 1. The third-order valence-corrected chi connectivity index (χ3v) is 3.86. The van der Waals surface area contributed by atoms with Gasteiger partial charge in [0.2, 0.25) is 0 Å². The molecule has 1 aromatic carbocycles. The van der Waals surface area contributed by atoms with Gasteiger partial charge >= 0.3 is 5.97 Å². The van der Waals surface area contributed by atoms with Crippen LogP contribution in [0.15, 0.2) is 48.1 Å². The molecule has 3 aromatic rings. The monoisotopic (exact) mass is 340 g/mol. The van der Waals surface area contributed by atoms with E-state index in [0.29, 0.717) is 22.2 Å². The fraction of sp³-hybridized carbons (Fsp3) is 0.0625. The van der Waals surface area contributed by atoms with Gasteiger partial charge < -0.3 is 5.11 Å². The van der Waals surface area contributed by atoms with Crippen molar-refractivity contribution < 1.29 is 14.7 Å². The van der Waals surface area contributed by atoms with Crippen molar-refractivity contribution >= 4 is 28.3 Å². The van der Waals surface area contributed by atoms with Crippen molar-refractivity contribution in [2.75, 3.05) is 5.32 Å². The molecule has 2 N–H and O–H groups in total. The number of carboxylic acid groups (broad SMARTS) is 1. The average molecular weight is 340 g/mol. The van der Waals surface area contributed by atoms with Crippen LogP contribution in [-0.4, -0.2) is 31.9 Å². The Morgan fingerprint density at radius 1 is 1.12 bits per heavy atom. The van der Waals surface area contributed by atoms with Gasteiger partial charge in [0.1, 0.15) is 0 Å². The molecule has 0 atom stereocenters. The van der Waals surface area contributed by atoms with Crippen LogP contribution in [0.3, 0.4) is 0 Å². The van der Waals surface area contributed by atoms with Gasteiger partial charge in [-0.2, -0.15) is 0 Å². The highest BCUT2D eigenvalue weighted by Crippen LogP contribution is 2.17. The van der Waals surface area contributed by atoms with Crippen LogP contribution >= 0.6 is 11.3 Å². The Labute approximate surface area is 141 Å². The summed E-state index contributed by atoms with van der Waals surface area (Å²) in [5, 5.41) is 13.3. The lowest BCUT2D eigenvalue weighted by Crippen LogP contribution is -2.13. The molecule has 8 heteroatoms. The van der Waals surface area contributed by atoms with E-state index in [0.717, 1.165) is 5.56 Å². The van der Waals surface area contributed by atoms with Crippen molar-refractivity contribution in [1.82, 2.24) is 15.0 Å². The number of aliphatic carboxylic acids is 1. The molecule has 0 saturated carbocycles. The lowest BCUT2D eigenvalue weighted by molar-refractivity contribution is -0.136. The summed E-state index contributed by atoms with van der Waals surface area (Å²) in [7, 11) is 0. The summed E-state index contributed by atoms with van der Waals surface area (Å²) >= 11 is 1.17. The summed E-state index contributed by atoms with van der Waals surface area (Å²) in [6.45, 7) is 0. The normalized spacial score (nSPS) is 10.3. The molecule has 0 aliphatic carbocycles. The molecule has 120 valence electrons. The van der Waals surface area contributed by atoms with Gasteiger partial charge in [-0.3, -0.25) is 14.9 Å². The van der Waals surface area contributed by atoms with Crippen molar-refractivity contribution in [3.8, 4) is 11.4 Å². The molecule has 2 aromatic heterocycles. The van der Waals surface area contributed by atoms with Gasteiger partial charge in [0, 0.05) is 23.3 Å².